The van der Waals surface area contributed by atoms with Gasteiger partial charge in [-0.05, 0) is 59.0 Å². The molecule has 4 nitrogen and oxygen atoms in total. The van der Waals surface area contributed by atoms with Gasteiger partial charge in [0.05, 0.1) is 17.5 Å². The van der Waals surface area contributed by atoms with Crippen molar-refractivity contribution >= 4 is 51.5 Å². The maximum absolute atomic E-state index is 12.0. The first-order valence-electron chi connectivity index (χ1n) is 6.33. The zero-order chi connectivity index (χ0) is 14.7. The lowest BCUT2D eigenvalue weighted by Gasteiger charge is -2.05. The van der Waals surface area contributed by atoms with E-state index in [0.717, 1.165) is 19.9 Å². The molecular formula is C15H12IN3OS. The highest BCUT2D eigenvalue weighted by atomic mass is 127. The maximum Gasteiger partial charge on any atom is 0.234 e. The van der Waals surface area contributed by atoms with Gasteiger partial charge in [-0.1, -0.05) is 17.8 Å². The topological polar surface area (TPSA) is 46.4 Å². The molecule has 21 heavy (non-hydrogen) atoms. The van der Waals surface area contributed by atoms with Crippen LogP contribution >= 0.6 is 34.4 Å². The minimum atomic E-state index is -0.0334. The molecule has 0 atom stereocenters. The van der Waals surface area contributed by atoms with Gasteiger partial charge in [0.25, 0.3) is 0 Å². The summed E-state index contributed by atoms with van der Waals surface area (Å²) in [7, 11) is 0. The number of aromatic nitrogens is 2. The van der Waals surface area contributed by atoms with Crippen LogP contribution in [0.4, 0.5) is 5.69 Å². The van der Waals surface area contributed by atoms with Gasteiger partial charge in [-0.3, -0.25) is 9.20 Å². The Morgan fingerprint density at radius 1 is 1.24 bits per heavy atom. The van der Waals surface area contributed by atoms with Gasteiger partial charge in [0.1, 0.15) is 0 Å². The van der Waals surface area contributed by atoms with E-state index < -0.39 is 0 Å². The van der Waals surface area contributed by atoms with Gasteiger partial charge in [-0.25, -0.2) is 4.98 Å². The van der Waals surface area contributed by atoms with Crippen molar-refractivity contribution in [3.05, 3.63) is 58.4 Å². The third kappa shape index (κ3) is 3.56. The van der Waals surface area contributed by atoms with E-state index in [1.165, 1.54) is 11.8 Å². The van der Waals surface area contributed by atoms with Crippen LogP contribution in [0.3, 0.4) is 0 Å². The molecule has 0 unspecified atom stereocenters. The van der Waals surface area contributed by atoms with Gasteiger partial charge in [0.15, 0.2) is 5.16 Å². The Morgan fingerprint density at radius 2 is 2.05 bits per heavy atom. The second kappa shape index (κ2) is 6.48. The van der Waals surface area contributed by atoms with E-state index in [4.69, 9.17) is 0 Å². The van der Waals surface area contributed by atoms with Gasteiger partial charge in [-0.2, -0.15) is 0 Å². The fourth-order valence-electron chi connectivity index (χ4n) is 1.89. The molecule has 0 bridgehead atoms. The van der Waals surface area contributed by atoms with E-state index in [1.54, 1.807) is 6.20 Å². The normalized spacial score (nSPS) is 10.7. The lowest BCUT2D eigenvalue weighted by atomic mass is 10.3. The Morgan fingerprint density at radius 3 is 2.86 bits per heavy atom. The molecule has 1 amide bonds. The molecule has 1 N–H and O–H groups in total. The number of carbonyl (C=O) groups is 1. The largest absolute Gasteiger partial charge is 0.325 e. The van der Waals surface area contributed by atoms with E-state index in [0.29, 0.717) is 5.75 Å². The van der Waals surface area contributed by atoms with Gasteiger partial charge in [0, 0.05) is 15.5 Å². The molecule has 0 saturated carbocycles. The molecule has 2 aromatic heterocycles. The number of anilines is 1. The number of fused-ring (bicyclic) bond motifs is 1. The number of rotatable bonds is 4. The zero-order valence-corrected chi connectivity index (χ0v) is 14.0. The minimum absolute atomic E-state index is 0.0334. The number of carbonyl (C=O) groups excluding carboxylic acids is 1. The molecule has 0 saturated heterocycles. The van der Waals surface area contributed by atoms with Crippen LogP contribution < -0.4 is 5.32 Å². The molecule has 6 heteroatoms. The smallest absolute Gasteiger partial charge is 0.234 e. The average Bonchev–Trinajstić information content (AvgIpc) is 2.91. The predicted octanol–water partition coefficient (Wildman–Crippen LogP) is 3.67. The minimum Gasteiger partial charge on any atom is -0.325 e. The fraction of sp³-hybridized carbons (Fsp3) is 0.0667. The summed E-state index contributed by atoms with van der Waals surface area (Å²) in [5.41, 5.74) is 1.84. The summed E-state index contributed by atoms with van der Waals surface area (Å²) >= 11 is 3.66. The van der Waals surface area contributed by atoms with Crippen LogP contribution in [-0.4, -0.2) is 21.0 Å². The first-order chi connectivity index (χ1) is 10.2. The predicted molar refractivity (Wildman–Crippen MR) is 93.7 cm³/mol. The number of hydrogen-bond acceptors (Lipinski definition) is 3. The van der Waals surface area contributed by atoms with E-state index >= 15 is 0 Å². The van der Waals surface area contributed by atoms with Gasteiger partial charge in [-0.15, -0.1) is 0 Å². The molecule has 3 aromatic rings. The lowest BCUT2D eigenvalue weighted by Crippen LogP contribution is -2.14. The third-order valence-corrected chi connectivity index (χ3v) is 4.55. The van der Waals surface area contributed by atoms with E-state index in [-0.39, 0.29) is 5.91 Å². The monoisotopic (exact) mass is 409 g/mol. The lowest BCUT2D eigenvalue weighted by molar-refractivity contribution is -0.113. The first kappa shape index (κ1) is 14.4. The summed E-state index contributed by atoms with van der Waals surface area (Å²) in [6, 6.07) is 13.6. The molecular weight excluding hydrogens is 397 g/mol. The average molecular weight is 409 g/mol. The highest BCUT2D eigenvalue weighted by Crippen LogP contribution is 2.19. The summed E-state index contributed by atoms with van der Waals surface area (Å²) in [6.45, 7) is 0. The zero-order valence-electron chi connectivity index (χ0n) is 11.0. The molecule has 0 fully saturated rings. The number of nitrogens with zero attached hydrogens (tertiary/aromatic N) is 2. The van der Waals surface area contributed by atoms with Crippen molar-refractivity contribution in [3.63, 3.8) is 0 Å². The van der Waals surface area contributed by atoms with Crippen LogP contribution in [0.15, 0.2) is 60.0 Å². The van der Waals surface area contributed by atoms with Crippen molar-refractivity contribution in [1.82, 2.24) is 9.38 Å². The number of pyridine rings is 1. The standard InChI is InChI=1S/C15H12IN3OS/c16-11-4-6-12(7-5-11)18-14(20)10-21-15-17-9-13-3-1-2-8-19(13)15/h1-9H,10H2,(H,18,20). The van der Waals surface area contributed by atoms with Crippen LogP contribution in [0.25, 0.3) is 5.52 Å². The SMILES string of the molecule is O=C(CSc1ncc2ccccn12)Nc1ccc(I)cc1. The van der Waals surface area contributed by atoms with Crippen LogP contribution in [-0.2, 0) is 4.79 Å². The number of hydrogen-bond donors (Lipinski definition) is 1. The number of benzene rings is 1. The van der Waals surface area contributed by atoms with Crippen LogP contribution in [0.5, 0.6) is 0 Å². The molecule has 0 aliphatic carbocycles. The maximum atomic E-state index is 12.0. The van der Waals surface area contributed by atoms with Gasteiger partial charge < -0.3 is 5.32 Å². The Labute approximate surface area is 140 Å². The van der Waals surface area contributed by atoms with Crippen LogP contribution in [0.1, 0.15) is 0 Å². The van der Waals surface area contributed by atoms with E-state index in [2.05, 4.69) is 32.9 Å². The molecule has 106 valence electrons. The number of amides is 1. The molecule has 2 heterocycles. The van der Waals surface area contributed by atoms with Gasteiger partial charge >= 0.3 is 0 Å². The summed E-state index contributed by atoms with van der Waals surface area (Å²) in [5.74, 6) is 0.300. The fourth-order valence-corrected chi connectivity index (χ4v) is 3.01. The molecule has 0 radical (unpaired) electrons. The Kier molecular flexibility index (Phi) is 4.45. The molecule has 0 spiro atoms. The Hall–Kier alpha value is -1.54. The van der Waals surface area contributed by atoms with Crippen molar-refractivity contribution in [1.29, 1.82) is 0 Å². The van der Waals surface area contributed by atoms with Crippen molar-refractivity contribution in [2.45, 2.75) is 5.16 Å². The molecule has 1 aromatic carbocycles. The summed E-state index contributed by atoms with van der Waals surface area (Å²) in [4.78, 5) is 16.3. The second-order valence-electron chi connectivity index (χ2n) is 4.38. The first-order valence-corrected chi connectivity index (χ1v) is 8.39. The van der Waals surface area contributed by atoms with E-state index in [9.17, 15) is 4.79 Å². The van der Waals surface area contributed by atoms with E-state index in [1.807, 2.05) is 53.1 Å². The number of thioether (sulfide) groups is 1. The molecule has 0 aliphatic heterocycles. The van der Waals surface area contributed by atoms with Crippen LogP contribution in [0, 0.1) is 3.57 Å². The van der Waals surface area contributed by atoms with Crippen LogP contribution in [0.2, 0.25) is 0 Å². The second-order valence-corrected chi connectivity index (χ2v) is 6.57. The van der Waals surface area contributed by atoms with Crippen molar-refractivity contribution in [2.75, 3.05) is 11.1 Å². The Bertz CT molecular complexity index is 770. The number of imidazole rings is 1. The summed E-state index contributed by atoms with van der Waals surface area (Å²) in [5, 5.41) is 3.70. The molecule has 3 rings (SSSR count). The molecule has 0 aliphatic rings. The van der Waals surface area contributed by atoms with Gasteiger partial charge in [0.2, 0.25) is 5.91 Å². The highest BCUT2D eigenvalue weighted by molar-refractivity contribution is 14.1. The summed E-state index contributed by atoms with van der Waals surface area (Å²) in [6.07, 6.45) is 3.75. The number of halogens is 1. The van der Waals surface area contributed by atoms with Crippen molar-refractivity contribution < 1.29 is 4.79 Å². The van der Waals surface area contributed by atoms with Crippen molar-refractivity contribution in [2.24, 2.45) is 0 Å². The Balaban J connectivity index is 1.62. The summed E-state index contributed by atoms with van der Waals surface area (Å²) < 4.78 is 3.12. The quantitative estimate of drug-likeness (QED) is 0.529. The third-order valence-electron chi connectivity index (χ3n) is 2.87. The number of nitrogens with one attached hydrogen (secondary N) is 1. The highest BCUT2D eigenvalue weighted by Gasteiger charge is 2.07. The van der Waals surface area contributed by atoms with Crippen molar-refractivity contribution in [3.8, 4) is 0 Å².